The van der Waals surface area contributed by atoms with Crippen molar-refractivity contribution in [2.45, 2.75) is 25.8 Å². The quantitative estimate of drug-likeness (QED) is 0.808. The predicted molar refractivity (Wildman–Crippen MR) is 74.5 cm³/mol. The largest absolute Gasteiger partial charge is 0.389 e. The van der Waals surface area contributed by atoms with Gasteiger partial charge in [0.05, 0.1) is 12.1 Å². The summed E-state index contributed by atoms with van der Waals surface area (Å²) in [6, 6.07) is 6.07. The summed E-state index contributed by atoms with van der Waals surface area (Å²) in [6.45, 7) is 5.78. The third-order valence-corrected chi connectivity index (χ3v) is 3.38. The van der Waals surface area contributed by atoms with E-state index < -0.39 is 0 Å². The van der Waals surface area contributed by atoms with Gasteiger partial charge < -0.3 is 15.8 Å². The van der Waals surface area contributed by atoms with Crippen LogP contribution in [0.15, 0.2) is 18.2 Å². The summed E-state index contributed by atoms with van der Waals surface area (Å²) in [4.78, 5) is 0.449. The van der Waals surface area contributed by atoms with Gasteiger partial charge in [-0.2, -0.15) is 0 Å². The van der Waals surface area contributed by atoms with Crippen molar-refractivity contribution >= 4 is 22.9 Å². The lowest BCUT2D eigenvalue weighted by Gasteiger charge is -2.25. The molecule has 1 aliphatic rings. The molecule has 0 amide bonds. The lowest BCUT2D eigenvalue weighted by Crippen LogP contribution is -2.34. The highest BCUT2D eigenvalue weighted by atomic mass is 32.1. The van der Waals surface area contributed by atoms with Crippen molar-refractivity contribution < 1.29 is 4.74 Å². The fraction of sp³-hybridized carbons (Fsp3) is 0.462. The number of hydrogen-bond acceptors (Lipinski definition) is 3. The molecule has 1 aliphatic heterocycles. The van der Waals surface area contributed by atoms with E-state index in [2.05, 4.69) is 18.3 Å². The normalized spacial score (nSPS) is 23.6. The Morgan fingerprint density at radius 1 is 1.53 bits per heavy atom. The molecule has 0 bridgehead atoms. The van der Waals surface area contributed by atoms with Gasteiger partial charge in [-0.25, -0.2) is 0 Å². The predicted octanol–water partition coefficient (Wildman–Crippen LogP) is 2.22. The summed E-state index contributed by atoms with van der Waals surface area (Å²) in [6.07, 6.45) is 1.03. The highest BCUT2D eigenvalue weighted by Gasteiger charge is 2.29. The first-order valence-electron chi connectivity index (χ1n) is 5.77. The van der Waals surface area contributed by atoms with Crippen molar-refractivity contribution in [1.29, 1.82) is 0 Å². The Kier molecular flexibility index (Phi) is 3.35. The van der Waals surface area contributed by atoms with Crippen molar-refractivity contribution in [2.24, 2.45) is 5.73 Å². The van der Waals surface area contributed by atoms with Gasteiger partial charge in [0.2, 0.25) is 0 Å². The topological polar surface area (TPSA) is 47.3 Å². The van der Waals surface area contributed by atoms with E-state index in [-0.39, 0.29) is 5.54 Å². The van der Waals surface area contributed by atoms with Crippen molar-refractivity contribution in [3.63, 3.8) is 0 Å². The molecule has 1 aromatic rings. The van der Waals surface area contributed by atoms with Gasteiger partial charge in [-0.15, -0.1) is 0 Å². The number of rotatable bonds is 3. The second-order valence-corrected chi connectivity index (χ2v) is 5.32. The molecule has 2 rings (SSSR count). The molecule has 4 heteroatoms. The molecule has 0 aromatic heterocycles. The summed E-state index contributed by atoms with van der Waals surface area (Å²) in [5.41, 5.74) is 8.82. The second-order valence-electron chi connectivity index (χ2n) is 4.88. The first-order chi connectivity index (χ1) is 8.00. The SMILES string of the molecule is Cc1cc(NC2(C)CCOC2)ccc1C(N)=S. The number of thiocarbonyl (C=S) groups is 1. The maximum Gasteiger partial charge on any atom is 0.104 e. The summed E-state index contributed by atoms with van der Waals surface area (Å²) < 4.78 is 5.42. The Labute approximate surface area is 107 Å². The summed E-state index contributed by atoms with van der Waals surface area (Å²) in [5.74, 6) is 0. The monoisotopic (exact) mass is 250 g/mol. The third-order valence-electron chi connectivity index (χ3n) is 3.16. The Morgan fingerprint density at radius 3 is 2.82 bits per heavy atom. The van der Waals surface area contributed by atoms with Gasteiger partial charge in [-0.3, -0.25) is 0 Å². The molecular weight excluding hydrogens is 232 g/mol. The Hall–Kier alpha value is -1.13. The number of ether oxygens (including phenoxy) is 1. The van der Waals surface area contributed by atoms with Crippen LogP contribution in [0.25, 0.3) is 0 Å². The van der Waals surface area contributed by atoms with Crippen molar-refractivity contribution in [3.8, 4) is 0 Å². The highest BCUT2D eigenvalue weighted by Crippen LogP contribution is 2.25. The second kappa shape index (κ2) is 4.63. The molecule has 17 heavy (non-hydrogen) atoms. The molecule has 1 aromatic carbocycles. The molecule has 0 radical (unpaired) electrons. The third kappa shape index (κ3) is 2.76. The number of benzene rings is 1. The minimum Gasteiger partial charge on any atom is -0.389 e. The molecule has 0 aliphatic carbocycles. The zero-order valence-corrected chi connectivity index (χ0v) is 11.1. The van der Waals surface area contributed by atoms with Gasteiger partial charge in [-0.05, 0) is 44.0 Å². The zero-order valence-electron chi connectivity index (χ0n) is 10.2. The van der Waals surface area contributed by atoms with Crippen LogP contribution in [0.4, 0.5) is 5.69 Å². The standard InChI is InChI=1S/C13H18N2OS/c1-9-7-10(3-4-11(9)12(14)17)15-13(2)5-6-16-8-13/h3-4,7,15H,5-6,8H2,1-2H3,(H2,14,17). The minimum absolute atomic E-state index is 0.0389. The van der Waals surface area contributed by atoms with Gasteiger partial charge in [0, 0.05) is 17.9 Å². The van der Waals surface area contributed by atoms with Crippen LogP contribution < -0.4 is 11.1 Å². The zero-order chi connectivity index (χ0) is 12.5. The van der Waals surface area contributed by atoms with Crippen LogP contribution in [0, 0.1) is 6.92 Å². The molecule has 1 atom stereocenters. The fourth-order valence-electron chi connectivity index (χ4n) is 2.13. The summed E-state index contributed by atoms with van der Waals surface area (Å²) >= 11 is 5.00. The minimum atomic E-state index is 0.0389. The van der Waals surface area contributed by atoms with E-state index in [9.17, 15) is 0 Å². The molecule has 1 unspecified atom stereocenters. The number of nitrogens with two attached hydrogens (primary N) is 1. The van der Waals surface area contributed by atoms with Gasteiger partial charge in [0.15, 0.2) is 0 Å². The van der Waals surface area contributed by atoms with E-state index >= 15 is 0 Å². The van der Waals surface area contributed by atoms with Crippen LogP contribution in [-0.4, -0.2) is 23.7 Å². The van der Waals surface area contributed by atoms with Gasteiger partial charge >= 0.3 is 0 Å². The molecule has 1 heterocycles. The van der Waals surface area contributed by atoms with Crippen molar-refractivity contribution in [3.05, 3.63) is 29.3 Å². The lowest BCUT2D eigenvalue weighted by molar-refractivity contribution is 0.185. The molecule has 3 N–H and O–H groups in total. The molecular formula is C13H18N2OS. The number of aryl methyl sites for hydroxylation is 1. The Bertz CT molecular complexity index is 439. The highest BCUT2D eigenvalue weighted by molar-refractivity contribution is 7.80. The van der Waals surface area contributed by atoms with Crippen LogP contribution in [0.2, 0.25) is 0 Å². The number of hydrogen-bond donors (Lipinski definition) is 2. The Morgan fingerprint density at radius 2 is 2.29 bits per heavy atom. The molecule has 1 saturated heterocycles. The van der Waals surface area contributed by atoms with Crippen LogP contribution in [0.5, 0.6) is 0 Å². The summed E-state index contributed by atoms with van der Waals surface area (Å²) in [7, 11) is 0. The van der Waals surface area contributed by atoms with Crippen LogP contribution >= 0.6 is 12.2 Å². The van der Waals surface area contributed by atoms with Crippen LogP contribution in [-0.2, 0) is 4.74 Å². The lowest BCUT2D eigenvalue weighted by atomic mass is 10.0. The van der Waals surface area contributed by atoms with E-state index in [1.807, 2.05) is 19.1 Å². The maximum absolute atomic E-state index is 5.65. The molecule has 3 nitrogen and oxygen atoms in total. The summed E-state index contributed by atoms with van der Waals surface area (Å²) in [5, 5.41) is 3.52. The molecule has 1 fully saturated rings. The van der Waals surface area contributed by atoms with Crippen molar-refractivity contribution in [2.75, 3.05) is 18.5 Å². The first-order valence-corrected chi connectivity index (χ1v) is 6.17. The molecule has 92 valence electrons. The van der Waals surface area contributed by atoms with Crippen molar-refractivity contribution in [1.82, 2.24) is 0 Å². The molecule has 0 spiro atoms. The van der Waals surface area contributed by atoms with E-state index in [0.29, 0.717) is 4.99 Å². The average Bonchev–Trinajstić information content (AvgIpc) is 2.64. The first kappa shape index (κ1) is 12.3. The smallest absolute Gasteiger partial charge is 0.104 e. The average molecular weight is 250 g/mol. The maximum atomic E-state index is 5.65. The van der Waals surface area contributed by atoms with E-state index in [1.54, 1.807) is 0 Å². The molecule has 0 saturated carbocycles. The van der Waals surface area contributed by atoms with Gasteiger partial charge in [0.25, 0.3) is 0 Å². The van der Waals surface area contributed by atoms with E-state index in [4.69, 9.17) is 22.7 Å². The van der Waals surface area contributed by atoms with E-state index in [1.165, 1.54) is 0 Å². The van der Waals surface area contributed by atoms with Gasteiger partial charge in [-0.1, -0.05) is 12.2 Å². The Balaban J connectivity index is 2.17. The van der Waals surface area contributed by atoms with Gasteiger partial charge in [0.1, 0.15) is 4.99 Å². The number of nitrogens with one attached hydrogen (secondary N) is 1. The number of anilines is 1. The van der Waals surface area contributed by atoms with Crippen LogP contribution in [0.1, 0.15) is 24.5 Å². The fourth-order valence-corrected chi connectivity index (χ4v) is 2.36. The van der Waals surface area contributed by atoms with E-state index in [0.717, 1.165) is 36.4 Å². The van der Waals surface area contributed by atoms with Crippen LogP contribution in [0.3, 0.4) is 0 Å².